The third-order valence-corrected chi connectivity index (χ3v) is 5.61. The number of phenolic OH excluding ortho intramolecular Hbond substituents is 1. The molecule has 156 valence electrons. The van der Waals surface area contributed by atoms with Gasteiger partial charge in [0.25, 0.3) is 0 Å². The average Bonchev–Trinajstić information content (AvgIpc) is 2.98. The third kappa shape index (κ3) is 4.97. The highest BCUT2D eigenvalue weighted by Crippen LogP contribution is 2.40. The Kier molecular flexibility index (Phi) is 6.29. The van der Waals surface area contributed by atoms with Gasteiger partial charge in [-0.3, -0.25) is 0 Å². The van der Waals surface area contributed by atoms with Crippen LogP contribution >= 0.6 is 11.3 Å². The van der Waals surface area contributed by atoms with E-state index in [1.54, 1.807) is 24.4 Å². The quantitative estimate of drug-likeness (QED) is 0.572. The van der Waals surface area contributed by atoms with Gasteiger partial charge in [-0.25, -0.2) is 9.79 Å². The highest BCUT2D eigenvalue weighted by molar-refractivity contribution is 7.16. The number of hydrogen-bond acceptors (Lipinski definition) is 7. The summed E-state index contributed by atoms with van der Waals surface area (Å²) in [6, 6.07) is 5.27. The van der Waals surface area contributed by atoms with Crippen molar-refractivity contribution in [1.82, 2.24) is 4.90 Å². The zero-order valence-corrected chi connectivity index (χ0v) is 18.4. The summed E-state index contributed by atoms with van der Waals surface area (Å²) < 4.78 is 11.1. The fourth-order valence-corrected chi connectivity index (χ4v) is 4.45. The predicted octanol–water partition coefficient (Wildman–Crippen LogP) is 4.55. The van der Waals surface area contributed by atoms with Gasteiger partial charge < -0.3 is 19.5 Å². The van der Waals surface area contributed by atoms with Gasteiger partial charge in [-0.05, 0) is 58.9 Å². The monoisotopic (exact) mass is 416 g/mol. The average molecular weight is 417 g/mol. The number of phenols is 1. The molecule has 7 heteroatoms. The zero-order chi connectivity index (χ0) is 21.2. The summed E-state index contributed by atoms with van der Waals surface area (Å²) in [6.45, 7) is 9.58. The van der Waals surface area contributed by atoms with Gasteiger partial charge in [0.05, 0.1) is 12.2 Å². The Bertz CT molecular complexity index is 928. The lowest BCUT2D eigenvalue weighted by molar-refractivity contribution is 0.00694. The van der Waals surface area contributed by atoms with E-state index in [1.807, 2.05) is 27.7 Å². The second kappa shape index (κ2) is 8.55. The smallest absolute Gasteiger partial charge is 0.342 e. The van der Waals surface area contributed by atoms with Crippen molar-refractivity contribution in [2.45, 2.75) is 46.3 Å². The molecule has 2 heterocycles. The van der Waals surface area contributed by atoms with Crippen molar-refractivity contribution in [3.8, 4) is 11.5 Å². The minimum atomic E-state index is -0.581. The number of thiophene rings is 1. The van der Waals surface area contributed by atoms with Crippen molar-refractivity contribution in [3.63, 3.8) is 0 Å². The molecule has 0 fully saturated rings. The van der Waals surface area contributed by atoms with Gasteiger partial charge in [0, 0.05) is 29.7 Å². The number of carbonyl (C=O) groups is 1. The van der Waals surface area contributed by atoms with E-state index < -0.39 is 5.60 Å². The SMILES string of the molecule is CCOc1cccc(C=Nc2sc3c(c2C(=O)OC(C)(C)C)CCN(C)C3)c1O. The van der Waals surface area contributed by atoms with E-state index >= 15 is 0 Å². The number of ether oxygens (including phenoxy) is 2. The molecular weight excluding hydrogens is 388 g/mol. The van der Waals surface area contributed by atoms with Crippen molar-refractivity contribution in [2.24, 2.45) is 4.99 Å². The molecule has 1 N–H and O–H groups in total. The number of hydrogen-bond donors (Lipinski definition) is 1. The Morgan fingerprint density at radius 3 is 2.83 bits per heavy atom. The second-order valence-electron chi connectivity index (χ2n) is 8.06. The first-order chi connectivity index (χ1) is 13.7. The number of benzene rings is 1. The van der Waals surface area contributed by atoms with Crippen LogP contribution < -0.4 is 4.74 Å². The molecule has 6 nitrogen and oxygen atoms in total. The Balaban J connectivity index is 2.00. The van der Waals surface area contributed by atoms with Crippen LogP contribution in [0.15, 0.2) is 23.2 Å². The molecular formula is C22H28N2O4S. The molecule has 0 unspecified atom stereocenters. The van der Waals surface area contributed by atoms with E-state index in [2.05, 4.69) is 16.9 Å². The maximum absolute atomic E-state index is 12.9. The molecule has 1 aliphatic heterocycles. The van der Waals surface area contributed by atoms with Crippen LogP contribution in [-0.4, -0.2) is 48.0 Å². The summed E-state index contributed by atoms with van der Waals surface area (Å²) in [5.41, 5.74) is 1.53. The number of fused-ring (bicyclic) bond motifs is 1. The highest BCUT2D eigenvalue weighted by Gasteiger charge is 2.30. The van der Waals surface area contributed by atoms with Crippen LogP contribution in [0.2, 0.25) is 0 Å². The maximum atomic E-state index is 12.9. The van der Waals surface area contributed by atoms with Gasteiger partial charge in [-0.1, -0.05) is 6.07 Å². The molecule has 2 aromatic rings. The normalized spacial score (nSPS) is 14.8. The topological polar surface area (TPSA) is 71.4 Å². The number of nitrogens with zero attached hydrogens (tertiary/aromatic N) is 2. The Morgan fingerprint density at radius 1 is 1.38 bits per heavy atom. The van der Waals surface area contributed by atoms with Gasteiger partial charge >= 0.3 is 5.97 Å². The first kappa shape index (κ1) is 21.3. The number of esters is 1. The molecule has 1 aromatic heterocycles. The number of carbonyl (C=O) groups excluding carboxylic acids is 1. The number of likely N-dealkylation sites (N-methyl/N-ethyl adjacent to an activating group) is 1. The molecule has 0 radical (unpaired) electrons. The second-order valence-corrected chi connectivity index (χ2v) is 9.14. The summed E-state index contributed by atoms with van der Waals surface area (Å²) >= 11 is 1.51. The van der Waals surface area contributed by atoms with E-state index in [0.29, 0.717) is 28.5 Å². The fourth-order valence-electron chi connectivity index (χ4n) is 3.19. The number of aromatic hydroxyl groups is 1. The van der Waals surface area contributed by atoms with Crippen molar-refractivity contribution < 1.29 is 19.4 Å². The first-order valence-corrected chi connectivity index (χ1v) is 10.6. The number of aliphatic imine (C=N–C) groups is 1. The molecule has 0 bridgehead atoms. The van der Waals surface area contributed by atoms with E-state index in [0.717, 1.165) is 30.0 Å². The summed E-state index contributed by atoms with van der Waals surface area (Å²) in [4.78, 5) is 20.9. The molecule has 0 amide bonds. The Hall–Kier alpha value is -2.38. The molecule has 0 saturated carbocycles. The van der Waals surface area contributed by atoms with Gasteiger partial charge in [-0.15, -0.1) is 11.3 Å². The minimum absolute atomic E-state index is 0.0398. The summed E-state index contributed by atoms with van der Waals surface area (Å²) in [6.07, 6.45) is 2.37. The lowest BCUT2D eigenvalue weighted by Crippen LogP contribution is -2.28. The largest absolute Gasteiger partial charge is 0.504 e. The molecule has 29 heavy (non-hydrogen) atoms. The van der Waals surface area contributed by atoms with Crippen molar-refractivity contribution >= 4 is 28.5 Å². The van der Waals surface area contributed by atoms with Crippen LogP contribution in [-0.2, 0) is 17.7 Å². The van der Waals surface area contributed by atoms with Crippen LogP contribution in [0, 0.1) is 0 Å². The van der Waals surface area contributed by atoms with Crippen molar-refractivity contribution in [2.75, 3.05) is 20.2 Å². The highest BCUT2D eigenvalue weighted by atomic mass is 32.1. The maximum Gasteiger partial charge on any atom is 0.342 e. The van der Waals surface area contributed by atoms with Crippen LogP contribution in [0.3, 0.4) is 0 Å². The Labute approximate surface area is 175 Å². The van der Waals surface area contributed by atoms with Gasteiger partial charge in [0.15, 0.2) is 11.5 Å². The van der Waals surface area contributed by atoms with Crippen LogP contribution in [0.4, 0.5) is 5.00 Å². The molecule has 0 atom stereocenters. The molecule has 1 aliphatic rings. The minimum Gasteiger partial charge on any atom is -0.504 e. The first-order valence-electron chi connectivity index (χ1n) is 9.75. The van der Waals surface area contributed by atoms with Crippen molar-refractivity contribution in [1.29, 1.82) is 0 Å². The van der Waals surface area contributed by atoms with Crippen LogP contribution in [0.25, 0.3) is 0 Å². The molecule has 0 aliphatic carbocycles. The standard InChI is InChI=1S/C22H28N2O4S/c1-6-27-16-9-7-8-14(19(16)25)12-23-20-18(21(26)28-22(2,3)4)15-10-11-24(5)13-17(15)29-20/h7-9,12,25H,6,10-11,13H2,1-5H3. The molecule has 0 saturated heterocycles. The van der Waals surface area contributed by atoms with Crippen LogP contribution in [0.1, 0.15) is 54.1 Å². The van der Waals surface area contributed by atoms with E-state index in [1.165, 1.54) is 11.3 Å². The van der Waals surface area contributed by atoms with E-state index in [-0.39, 0.29) is 11.7 Å². The lowest BCUT2D eigenvalue weighted by atomic mass is 10.0. The van der Waals surface area contributed by atoms with Gasteiger partial charge in [0.2, 0.25) is 0 Å². The van der Waals surface area contributed by atoms with Gasteiger partial charge in [0.1, 0.15) is 10.6 Å². The summed E-state index contributed by atoms with van der Waals surface area (Å²) in [5, 5.41) is 11.0. The van der Waals surface area contributed by atoms with Crippen molar-refractivity contribution in [3.05, 3.63) is 39.8 Å². The predicted molar refractivity (Wildman–Crippen MR) is 116 cm³/mol. The number of para-hydroxylation sites is 1. The number of rotatable bonds is 5. The third-order valence-electron chi connectivity index (χ3n) is 4.48. The molecule has 0 spiro atoms. The van der Waals surface area contributed by atoms with E-state index in [9.17, 15) is 9.90 Å². The fraction of sp³-hybridized carbons (Fsp3) is 0.455. The summed E-state index contributed by atoms with van der Waals surface area (Å²) in [5.74, 6) is 0.105. The van der Waals surface area contributed by atoms with Gasteiger partial charge in [-0.2, -0.15) is 0 Å². The zero-order valence-electron chi connectivity index (χ0n) is 17.6. The molecule has 3 rings (SSSR count). The summed E-state index contributed by atoms with van der Waals surface area (Å²) in [7, 11) is 2.07. The molecule has 1 aromatic carbocycles. The van der Waals surface area contributed by atoms with Crippen LogP contribution in [0.5, 0.6) is 11.5 Å². The Morgan fingerprint density at radius 2 is 2.14 bits per heavy atom. The lowest BCUT2D eigenvalue weighted by Gasteiger charge is -2.23. The van der Waals surface area contributed by atoms with E-state index in [4.69, 9.17) is 9.47 Å².